The summed E-state index contributed by atoms with van der Waals surface area (Å²) in [7, 11) is -1.95. The van der Waals surface area contributed by atoms with Gasteiger partial charge in [-0.1, -0.05) is 31.2 Å². The van der Waals surface area contributed by atoms with Gasteiger partial charge in [-0.05, 0) is 23.8 Å². The molecule has 1 atom stereocenters. The third-order valence-electron chi connectivity index (χ3n) is 4.58. The number of methoxy groups -OCH3 is 1. The summed E-state index contributed by atoms with van der Waals surface area (Å²) in [6, 6.07) is 11.5. The Morgan fingerprint density at radius 3 is 2.69 bits per heavy atom. The van der Waals surface area contributed by atoms with Crippen LogP contribution in [-0.2, 0) is 14.8 Å². The Bertz CT molecular complexity index is 1070. The quantitative estimate of drug-likeness (QED) is 0.751. The van der Waals surface area contributed by atoms with Crippen molar-refractivity contribution in [2.75, 3.05) is 18.1 Å². The van der Waals surface area contributed by atoms with Gasteiger partial charge in [-0.25, -0.2) is 13.4 Å². The lowest BCUT2D eigenvalue weighted by Gasteiger charge is -2.22. The first kappa shape index (κ1) is 20.7. The number of nitrogens with zero attached hydrogens (tertiary/aromatic N) is 2. The van der Waals surface area contributed by atoms with Crippen LogP contribution >= 0.6 is 0 Å². The Kier molecular flexibility index (Phi) is 5.78. The molecule has 0 fully saturated rings. The largest absolute Gasteiger partial charge is 0.504 e. The number of carbonyl (C=O) groups is 1. The Hall–Kier alpha value is -3.07. The molecule has 1 heterocycles. The summed E-state index contributed by atoms with van der Waals surface area (Å²) >= 11 is 0. The van der Waals surface area contributed by atoms with Gasteiger partial charge in [0, 0.05) is 24.1 Å². The number of phenolic OH excluding ortho intramolecular Hbond substituents is 1. The number of nitrogens with one attached hydrogen (secondary N) is 1. The first-order chi connectivity index (χ1) is 13.7. The lowest BCUT2D eigenvalue weighted by atomic mass is 9.97. The van der Waals surface area contributed by atoms with Gasteiger partial charge in [0.1, 0.15) is 0 Å². The van der Waals surface area contributed by atoms with Crippen LogP contribution in [0.3, 0.4) is 0 Å². The zero-order valence-electron chi connectivity index (χ0n) is 16.4. The van der Waals surface area contributed by atoms with Crippen LogP contribution in [0, 0.1) is 0 Å². The van der Waals surface area contributed by atoms with Crippen LogP contribution in [0.5, 0.6) is 11.5 Å². The molecular formula is C20H23N3O5S. The number of hydrogen-bond acceptors (Lipinski definition) is 6. The van der Waals surface area contributed by atoms with Crippen molar-refractivity contribution in [1.29, 1.82) is 0 Å². The van der Waals surface area contributed by atoms with E-state index >= 15 is 0 Å². The topological polar surface area (TPSA) is 108 Å². The van der Waals surface area contributed by atoms with Gasteiger partial charge in [0.15, 0.2) is 11.5 Å². The third kappa shape index (κ3) is 4.51. The van der Waals surface area contributed by atoms with E-state index < -0.39 is 16.1 Å². The fourth-order valence-corrected chi connectivity index (χ4v) is 3.82. The molecule has 0 saturated heterocycles. The van der Waals surface area contributed by atoms with E-state index in [4.69, 9.17) is 4.74 Å². The second kappa shape index (κ2) is 8.12. The maximum Gasteiger partial charge on any atom is 0.242 e. The number of carbonyl (C=O) groups excluding carboxylic acids is 1. The molecule has 3 rings (SSSR count). The Balaban J connectivity index is 1.99. The summed E-state index contributed by atoms with van der Waals surface area (Å²) in [5.41, 5.74) is 2.26. The summed E-state index contributed by atoms with van der Waals surface area (Å²) < 4.78 is 30.7. The summed E-state index contributed by atoms with van der Waals surface area (Å²) in [5, 5.41) is 16.4. The summed E-state index contributed by atoms with van der Waals surface area (Å²) in [5.74, 6) is 0.106. The summed E-state index contributed by atoms with van der Waals surface area (Å²) in [6.45, 7) is 1.75. The van der Waals surface area contributed by atoms with Crippen molar-refractivity contribution in [3.8, 4) is 11.5 Å². The average Bonchev–Trinajstić information content (AvgIpc) is 3.11. The van der Waals surface area contributed by atoms with E-state index in [0.717, 1.165) is 6.26 Å². The molecule has 2 aromatic carbocycles. The van der Waals surface area contributed by atoms with Crippen molar-refractivity contribution in [3.05, 3.63) is 53.6 Å². The maximum atomic E-state index is 12.5. The van der Waals surface area contributed by atoms with Crippen LogP contribution in [-0.4, -0.2) is 43.5 Å². The van der Waals surface area contributed by atoms with Crippen LogP contribution in [0.25, 0.3) is 0 Å². The normalized spacial score (nSPS) is 16.4. The van der Waals surface area contributed by atoms with E-state index in [0.29, 0.717) is 34.7 Å². The molecule has 0 spiro atoms. The van der Waals surface area contributed by atoms with E-state index in [1.54, 1.807) is 49.4 Å². The molecule has 0 aromatic heterocycles. The molecule has 0 aliphatic carbocycles. The van der Waals surface area contributed by atoms with Crippen LogP contribution in [0.1, 0.15) is 36.9 Å². The monoisotopic (exact) mass is 417 g/mol. The highest BCUT2D eigenvalue weighted by molar-refractivity contribution is 7.92. The molecule has 154 valence electrons. The van der Waals surface area contributed by atoms with Gasteiger partial charge < -0.3 is 9.84 Å². The van der Waals surface area contributed by atoms with Gasteiger partial charge in [0.05, 0.1) is 25.1 Å². The number of para-hydroxylation sites is 1. The molecule has 2 N–H and O–H groups in total. The molecule has 1 unspecified atom stereocenters. The van der Waals surface area contributed by atoms with Gasteiger partial charge in [0.25, 0.3) is 0 Å². The number of phenols is 1. The molecule has 1 aliphatic heterocycles. The SMILES string of the molecule is CCC(=O)N1N=C(c2cccc(NS(C)(=O)=O)c2)CC1c1cccc(OC)c1O. The van der Waals surface area contributed by atoms with Crippen molar-refractivity contribution in [2.24, 2.45) is 5.10 Å². The van der Waals surface area contributed by atoms with Gasteiger partial charge in [-0.2, -0.15) is 5.10 Å². The zero-order chi connectivity index (χ0) is 21.2. The molecule has 1 aliphatic rings. The predicted molar refractivity (Wildman–Crippen MR) is 111 cm³/mol. The number of anilines is 1. The summed E-state index contributed by atoms with van der Waals surface area (Å²) in [6.07, 6.45) is 1.71. The average molecular weight is 417 g/mol. The number of sulfonamides is 1. The van der Waals surface area contributed by atoms with E-state index in [-0.39, 0.29) is 18.1 Å². The fraction of sp³-hybridized carbons (Fsp3) is 0.300. The van der Waals surface area contributed by atoms with Crippen molar-refractivity contribution in [3.63, 3.8) is 0 Å². The number of amides is 1. The van der Waals surface area contributed by atoms with E-state index in [1.807, 2.05) is 0 Å². The van der Waals surface area contributed by atoms with Crippen molar-refractivity contribution in [1.82, 2.24) is 5.01 Å². The molecule has 0 saturated carbocycles. The number of hydrazone groups is 1. The molecule has 29 heavy (non-hydrogen) atoms. The molecule has 1 amide bonds. The fourth-order valence-electron chi connectivity index (χ4n) is 3.27. The first-order valence-corrected chi connectivity index (χ1v) is 11.0. The van der Waals surface area contributed by atoms with Crippen molar-refractivity contribution < 1.29 is 23.1 Å². The van der Waals surface area contributed by atoms with Crippen molar-refractivity contribution >= 4 is 27.3 Å². The Morgan fingerprint density at radius 1 is 1.31 bits per heavy atom. The van der Waals surface area contributed by atoms with Gasteiger partial charge in [-0.15, -0.1) is 0 Å². The molecule has 9 heteroatoms. The molecule has 0 bridgehead atoms. The van der Waals surface area contributed by atoms with E-state index in [1.165, 1.54) is 12.1 Å². The second-order valence-corrected chi connectivity index (χ2v) is 8.46. The minimum atomic E-state index is -3.41. The number of ether oxygens (including phenoxy) is 1. The van der Waals surface area contributed by atoms with Crippen LogP contribution < -0.4 is 9.46 Å². The minimum absolute atomic E-state index is 0.0298. The maximum absolute atomic E-state index is 12.5. The van der Waals surface area contributed by atoms with Gasteiger partial charge in [0.2, 0.25) is 15.9 Å². The predicted octanol–water partition coefficient (Wildman–Crippen LogP) is 2.86. The van der Waals surface area contributed by atoms with Crippen LogP contribution in [0.4, 0.5) is 5.69 Å². The zero-order valence-corrected chi connectivity index (χ0v) is 17.2. The second-order valence-electron chi connectivity index (χ2n) is 6.71. The lowest BCUT2D eigenvalue weighted by Crippen LogP contribution is -2.26. The molecule has 8 nitrogen and oxygen atoms in total. The standard InChI is InChI=1S/C20H23N3O5S/c1-4-19(24)23-17(15-9-6-10-18(28-2)20(15)25)12-16(21-23)13-7-5-8-14(11-13)22-29(3,26)27/h5-11,17,22,25H,4,12H2,1-3H3. The molecule has 2 aromatic rings. The first-order valence-electron chi connectivity index (χ1n) is 9.07. The number of benzene rings is 2. The minimum Gasteiger partial charge on any atom is -0.504 e. The Morgan fingerprint density at radius 2 is 2.03 bits per heavy atom. The lowest BCUT2D eigenvalue weighted by molar-refractivity contribution is -0.132. The number of hydrogen-bond donors (Lipinski definition) is 2. The Labute approximate surface area is 169 Å². The number of rotatable bonds is 6. The smallest absolute Gasteiger partial charge is 0.242 e. The van der Waals surface area contributed by atoms with E-state index in [9.17, 15) is 18.3 Å². The van der Waals surface area contributed by atoms with Gasteiger partial charge in [-0.3, -0.25) is 9.52 Å². The third-order valence-corrected chi connectivity index (χ3v) is 5.18. The highest BCUT2D eigenvalue weighted by Crippen LogP contribution is 2.41. The molecule has 0 radical (unpaired) electrons. The van der Waals surface area contributed by atoms with Crippen molar-refractivity contribution in [2.45, 2.75) is 25.8 Å². The van der Waals surface area contributed by atoms with Crippen LogP contribution in [0.2, 0.25) is 0 Å². The highest BCUT2D eigenvalue weighted by Gasteiger charge is 2.34. The number of aromatic hydroxyl groups is 1. The van der Waals surface area contributed by atoms with E-state index in [2.05, 4.69) is 9.82 Å². The highest BCUT2D eigenvalue weighted by atomic mass is 32.2. The van der Waals surface area contributed by atoms with Crippen LogP contribution in [0.15, 0.2) is 47.6 Å². The van der Waals surface area contributed by atoms with Gasteiger partial charge >= 0.3 is 0 Å². The summed E-state index contributed by atoms with van der Waals surface area (Å²) in [4.78, 5) is 12.5. The molecular weight excluding hydrogens is 394 g/mol.